The van der Waals surface area contributed by atoms with Crippen LogP contribution < -0.4 is 10.2 Å². The molecule has 3 rings (SSSR count). The summed E-state index contributed by atoms with van der Waals surface area (Å²) in [5, 5.41) is 3.54. The average molecular weight is 403 g/mol. The smallest absolute Gasteiger partial charge is 0.241 e. The van der Waals surface area contributed by atoms with E-state index in [1.807, 2.05) is 11.1 Å². The van der Waals surface area contributed by atoms with Crippen molar-refractivity contribution in [2.24, 2.45) is 5.92 Å². The maximum atomic E-state index is 13.4. The van der Waals surface area contributed by atoms with Crippen molar-refractivity contribution in [2.45, 2.75) is 65.0 Å². The highest BCUT2D eigenvalue weighted by atomic mass is 16.5. The number of nitrogens with zero attached hydrogens (tertiary/aromatic N) is 3. The highest BCUT2D eigenvalue weighted by molar-refractivity contribution is 5.97. The van der Waals surface area contributed by atoms with Gasteiger partial charge < -0.3 is 15.0 Å². The molecule has 6 nitrogen and oxygen atoms in total. The first-order valence-electron chi connectivity index (χ1n) is 11.0. The first-order valence-corrected chi connectivity index (χ1v) is 11.0. The van der Waals surface area contributed by atoms with Crippen LogP contribution in [0.15, 0.2) is 12.3 Å². The van der Waals surface area contributed by atoms with Crippen LogP contribution in [-0.2, 0) is 21.4 Å². The third-order valence-electron chi connectivity index (χ3n) is 6.15. The molecule has 6 heteroatoms. The molecule has 1 unspecified atom stereocenters. The van der Waals surface area contributed by atoms with Crippen LogP contribution in [0.2, 0.25) is 0 Å². The van der Waals surface area contributed by atoms with Gasteiger partial charge in [-0.25, -0.2) is 0 Å². The Morgan fingerprint density at radius 1 is 1.41 bits per heavy atom. The van der Waals surface area contributed by atoms with Crippen molar-refractivity contribution in [1.82, 2.24) is 15.2 Å². The fourth-order valence-electron chi connectivity index (χ4n) is 4.57. The lowest BCUT2D eigenvalue weighted by Gasteiger charge is -2.39. The third kappa shape index (κ3) is 5.16. The molecule has 1 aromatic heterocycles. The molecule has 2 atom stereocenters. The Hall–Kier alpha value is -1.50. The van der Waals surface area contributed by atoms with Crippen molar-refractivity contribution in [3.05, 3.63) is 23.5 Å². The van der Waals surface area contributed by atoms with E-state index >= 15 is 0 Å². The van der Waals surface area contributed by atoms with E-state index in [0.717, 1.165) is 50.5 Å². The van der Waals surface area contributed by atoms with Crippen LogP contribution in [0.1, 0.15) is 52.3 Å². The zero-order valence-electron chi connectivity index (χ0n) is 19.0. The van der Waals surface area contributed by atoms with Gasteiger partial charge in [-0.3, -0.25) is 14.7 Å². The molecule has 1 aromatic rings. The number of piperazine rings is 1. The second kappa shape index (κ2) is 9.11. The van der Waals surface area contributed by atoms with Crippen LogP contribution in [0.25, 0.3) is 0 Å². The van der Waals surface area contributed by atoms with Gasteiger partial charge in [0.15, 0.2) is 0 Å². The van der Waals surface area contributed by atoms with Gasteiger partial charge in [-0.15, -0.1) is 0 Å². The number of pyridine rings is 1. The second-order valence-electron chi connectivity index (χ2n) is 9.83. The SMILES string of the molecule is COCCC1CN[C@H](C)CN1CC(=O)N1CC(C)(C)c2cnc(CC(C)C)cc21. The molecular weight excluding hydrogens is 364 g/mol. The topological polar surface area (TPSA) is 57.7 Å². The lowest BCUT2D eigenvalue weighted by Crippen LogP contribution is -2.58. The summed E-state index contributed by atoms with van der Waals surface area (Å²) in [5.74, 6) is 0.734. The van der Waals surface area contributed by atoms with Crippen LogP contribution in [-0.4, -0.2) is 67.8 Å². The summed E-state index contributed by atoms with van der Waals surface area (Å²) in [6, 6.07) is 2.87. The molecule has 0 saturated carbocycles. The number of anilines is 1. The number of hydrogen-bond donors (Lipinski definition) is 1. The van der Waals surface area contributed by atoms with Crippen LogP contribution in [0.3, 0.4) is 0 Å². The van der Waals surface area contributed by atoms with Crippen molar-refractivity contribution >= 4 is 11.6 Å². The fraction of sp³-hybridized carbons (Fsp3) is 0.739. The number of hydrogen-bond acceptors (Lipinski definition) is 5. The number of nitrogens with one attached hydrogen (secondary N) is 1. The Labute approximate surface area is 176 Å². The average Bonchev–Trinajstić information content (AvgIpc) is 2.91. The van der Waals surface area contributed by atoms with E-state index in [1.165, 1.54) is 5.56 Å². The van der Waals surface area contributed by atoms with Gasteiger partial charge in [0.05, 0.1) is 12.2 Å². The Morgan fingerprint density at radius 3 is 2.86 bits per heavy atom. The van der Waals surface area contributed by atoms with Gasteiger partial charge in [-0.1, -0.05) is 27.7 Å². The molecule has 1 N–H and O–H groups in total. The van der Waals surface area contributed by atoms with E-state index in [9.17, 15) is 4.79 Å². The molecule has 1 amide bonds. The molecule has 0 aromatic carbocycles. The van der Waals surface area contributed by atoms with Gasteiger partial charge in [0.25, 0.3) is 0 Å². The molecule has 0 aliphatic carbocycles. The second-order valence-corrected chi connectivity index (χ2v) is 9.83. The Balaban J connectivity index is 1.78. The summed E-state index contributed by atoms with van der Waals surface area (Å²) in [6.45, 7) is 14.7. The third-order valence-corrected chi connectivity index (χ3v) is 6.15. The molecule has 1 fully saturated rings. The summed E-state index contributed by atoms with van der Waals surface area (Å²) in [4.78, 5) is 22.5. The fourth-order valence-corrected chi connectivity index (χ4v) is 4.57. The van der Waals surface area contributed by atoms with E-state index < -0.39 is 0 Å². The maximum absolute atomic E-state index is 13.4. The van der Waals surface area contributed by atoms with E-state index in [2.05, 4.69) is 55.9 Å². The van der Waals surface area contributed by atoms with E-state index in [1.54, 1.807) is 7.11 Å². The Kier molecular flexibility index (Phi) is 6.97. The summed E-state index contributed by atoms with van der Waals surface area (Å²) >= 11 is 0. The van der Waals surface area contributed by atoms with Crippen molar-refractivity contribution in [2.75, 3.05) is 44.8 Å². The first-order chi connectivity index (χ1) is 13.7. The first kappa shape index (κ1) is 22.2. The quantitative estimate of drug-likeness (QED) is 0.760. The van der Waals surface area contributed by atoms with Crippen LogP contribution in [0.4, 0.5) is 5.69 Å². The highest BCUT2D eigenvalue weighted by Gasteiger charge is 2.39. The number of fused-ring (bicyclic) bond motifs is 1. The number of amides is 1. The molecule has 162 valence electrons. The van der Waals surface area contributed by atoms with Crippen molar-refractivity contribution in [3.8, 4) is 0 Å². The van der Waals surface area contributed by atoms with E-state index in [-0.39, 0.29) is 11.3 Å². The normalized spacial score (nSPS) is 24.2. The summed E-state index contributed by atoms with van der Waals surface area (Å²) in [7, 11) is 1.74. The predicted octanol–water partition coefficient (Wildman–Crippen LogP) is 2.60. The van der Waals surface area contributed by atoms with Gasteiger partial charge in [0.1, 0.15) is 0 Å². The van der Waals surface area contributed by atoms with Crippen molar-refractivity contribution in [3.63, 3.8) is 0 Å². The molecule has 1 saturated heterocycles. The molecule has 0 radical (unpaired) electrons. The number of methoxy groups -OCH3 is 1. The maximum Gasteiger partial charge on any atom is 0.241 e. The number of aromatic nitrogens is 1. The lowest BCUT2D eigenvalue weighted by atomic mass is 9.88. The molecule has 2 aliphatic rings. The number of carbonyl (C=O) groups excluding carboxylic acids is 1. The van der Waals surface area contributed by atoms with Crippen molar-refractivity contribution in [1.29, 1.82) is 0 Å². The van der Waals surface area contributed by atoms with Crippen molar-refractivity contribution < 1.29 is 9.53 Å². The summed E-state index contributed by atoms with van der Waals surface area (Å²) in [5.41, 5.74) is 3.24. The molecule has 3 heterocycles. The van der Waals surface area contributed by atoms with Gasteiger partial charge in [0, 0.05) is 68.3 Å². The largest absolute Gasteiger partial charge is 0.385 e. The molecule has 0 spiro atoms. The van der Waals surface area contributed by atoms with Gasteiger partial charge in [-0.2, -0.15) is 0 Å². The van der Waals surface area contributed by atoms with Gasteiger partial charge >= 0.3 is 0 Å². The van der Waals surface area contributed by atoms with E-state index in [0.29, 0.717) is 24.5 Å². The predicted molar refractivity (Wildman–Crippen MR) is 117 cm³/mol. The molecule has 0 bridgehead atoms. The summed E-state index contributed by atoms with van der Waals surface area (Å²) < 4.78 is 5.29. The Morgan fingerprint density at radius 2 is 2.17 bits per heavy atom. The number of rotatable bonds is 7. The number of carbonyl (C=O) groups is 1. The minimum atomic E-state index is -0.0689. The molecule has 29 heavy (non-hydrogen) atoms. The standard InChI is InChI=1S/C23H38N4O2/c1-16(2)9-18-10-21-20(12-25-18)23(4,5)15-27(21)22(28)14-26-13-17(3)24-11-19(26)7-8-29-6/h10,12,16-17,19,24H,7-9,11,13-15H2,1-6H3/t17-,19?/m1/s1. The van der Waals surface area contributed by atoms with E-state index in [4.69, 9.17) is 4.74 Å². The molecular formula is C23H38N4O2. The Bertz CT molecular complexity index is 717. The lowest BCUT2D eigenvalue weighted by molar-refractivity contribution is -0.120. The zero-order valence-corrected chi connectivity index (χ0v) is 19.0. The molecule has 2 aliphatic heterocycles. The van der Waals surface area contributed by atoms with Gasteiger partial charge in [-0.05, 0) is 31.7 Å². The minimum Gasteiger partial charge on any atom is -0.385 e. The van der Waals surface area contributed by atoms with Crippen LogP contribution >= 0.6 is 0 Å². The monoisotopic (exact) mass is 402 g/mol. The van der Waals surface area contributed by atoms with Gasteiger partial charge in [0.2, 0.25) is 5.91 Å². The minimum absolute atomic E-state index is 0.0689. The zero-order chi connectivity index (χ0) is 21.2. The number of ether oxygens (including phenoxy) is 1. The summed E-state index contributed by atoms with van der Waals surface area (Å²) in [6.07, 6.45) is 3.87. The highest BCUT2D eigenvalue weighted by Crippen LogP contribution is 2.40. The van der Waals surface area contributed by atoms with Crippen LogP contribution in [0, 0.1) is 5.92 Å². The van der Waals surface area contributed by atoms with Crippen LogP contribution in [0.5, 0.6) is 0 Å².